The lowest BCUT2D eigenvalue weighted by molar-refractivity contribution is -0.0491. The van der Waals surface area contributed by atoms with E-state index in [-0.39, 0.29) is 11.9 Å². The van der Waals surface area contributed by atoms with Gasteiger partial charge in [-0.1, -0.05) is 26.0 Å². The van der Waals surface area contributed by atoms with E-state index in [2.05, 4.69) is 19.2 Å². The van der Waals surface area contributed by atoms with Crippen LogP contribution in [0.5, 0.6) is 0 Å². The summed E-state index contributed by atoms with van der Waals surface area (Å²) in [6, 6.07) is 6.67. The molecule has 20 heavy (non-hydrogen) atoms. The van der Waals surface area contributed by atoms with E-state index >= 15 is 0 Å². The van der Waals surface area contributed by atoms with Crippen LogP contribution in [0.15, 0.2) is 24.3 Å². The quantitative estimate of drug-likeness (QED) is 0.882. The van der Waals surface area contributed by atoms with Crippen molar-refractivity contribution in [3.8, 4) is 0 Å². The summed E-state index contributed by atoms with van der Waals surface area (Å²) in [7, 11) is 1.92. The number of hydrogen-bond donors (Lipinski definition) is 1. The normalized spacial score (nSPS) is 28.3. The molecule has 1 aliphatic rings. The number of halogens is 1. The maximum absolute atomic E-state index is 13.0. The highest BCUT2D eigenvalue weighted by atomic mass is 19.1. The van der Waals surface area contributed by atoms with Gasteiger partial charge in [-0.2, -0.15) is 0 Å². The van der Waals surface area contributed by atoms with Crippen molar-refractivity contribution < 1.29 is 9.13 Å². The average molecular weight is 279 g/mol. The monoisotopic (exact) mass is 279 g/mol. The molecule has 0 radical (unpaired) electrons. The number of rotatable bonds is 5. The van der Waals surface area contributed by atoms with Crippen LogP contribution in [0.25, 0.3) is 0 Å². The Bertz CT molecular complexity index is 396. The second-order valence-electron chi connectivity index (χ2n) is 6.27. The molecule has 3 heteroatoms. The fraction of sp³-hybridized carbons (Fsp3) is 0.647. The van der Waals surface area contributed by atoms with Crippen molar-refractivity contribution in [2.24, 2.45) is 11.8 Å². The van der Waals surface area contributed by atoms with Gasteiger partial charge in [-0.15, -0.1) is 0 Å². The minimum absolute atomic E-state index is 0.00287. The zero-order valence-corrected chi connectivity index (χ0v) is 12.7. The highest BCUT2D eigenvalue weighted by Crippen LogP contribution is 2.33. The summed E-state index contributed by atoms with van der Waals surface area (Å²) in [5.74, 6) is 1.26. The van der Waals surface area contributed by atoms with Crippen LogP contribution in [0.2, 0.25) is 0 Å². The maximum atomic E-state index is 13.0. The topological polar surface area (TPSA) is 21.3 Å². The smallest absolute Gasteiger partial charge is 0.123 e. The summed E-state index contributed by atoms with van der Waals surface area (Å²) in [6.07, 6.45) is 3.88. The molecule has 1 aromatic rings. The second-order valence-corrected chi connectivity index (χ2v) is 6.27. The van der Waals surface area contributed by atoms with Crippen LogP contribution in [0.1, 0.15) is 44.8 Å². The van der Waals surface area contributed by atoms with E-state index in [0.29, 0.717) is 6.10 Å². The SMILES string of the molecule is CNCC(OC1CC(C)CC(C)C1)c1ccc(F)cc1. The molecule has 3 unspecified atom stereocenters. The van der Waals surface area contributed by atoms with E-state index in [1.807, 2.05) is 19.2 Å². The fourth-order valence-corrected chi connectivity index (χ4v) is 3.32. The van der Waals surface area contributed by atoms with Crippen molar-refractivity contribution in [2.45, 2.75) is 45.3 Å². The van der Waals surface area contributed by atoms with Crippen LogP contribution < -0.4 is 5.32 Å². The molecule has 1 N–H and O–H groups in total. The lowest BCUT2D eigenvalue weighted by Gasteiger charge is -2.34. The summed E-state index contributed by atoms with van der Waals surface area (Å²) in [4.78, 5) is 0. The van der Waals surface area contributed by atoms with E-state index in [9.17, 15) is 4.39 Å². The number of ether oxygens (including phenoxy) is 1. The molecule has 1 fully saturated rings. The number of likely N-dealkylation sites (N-methyl/N-ethyl adjacent to an activating group) is 1. The largest absolute Gasteiger partial charge is 0.369 e. The first-order valence-corrected chi connectivity index (χ1v) is 7.64. The fourth-order valence-electron chi connectivity index (χ4n) is 3.32. The van der Waals surface area contributed by atoms with E-state index in [4.69, 9.17) is 4.74 Å². The van der Waals surface area contributed by atoms with Crippen LogP contribution in [-0.4, -0.2) is 19.7 Å². The van der Waals surface area contributed by atoms with Gasteiger partial charge in [0.25, 0.3) is 0 Å². The Morgan fingerprint density at radius 1 is 1.15 bits per heavy atom. The lowest BCUT2D eigenvalue weighted by atomic mass is 9.81. The predicted octanol–water partition coefficient (Wildman–Crippen LogP) is 3.93. The standard InChI is InChI=1S/C17H26FNO/c1-12-8-13(2)10-16(9-12)20-17(11-19-3)14-4-6-15(18)7-5-14/h4-7,12-13,16-17,19H,8-11H2,1-3H3. The van der Waals surface area contributed by atoms with Crippen LogP contribution in [0.3, 0.4) is 0 Å². The zero-order valence-electron chi connectivity index (χ0n) is 12.7. The second kappa shape index (κ2) is 7.19. The summed E-state index contributed by atoms with van der Waals surface area (Å²) in [5.41, 5.74) is 1.05. The number of hydrogen-bond acceptors (Lipinski definition) is 2. The Morgan fingerprint density at radius 3 is 2.30 bits per heavy atom. The van der Waals surface area contributed by atoms with Gasteiger partial charge in [0.15, 0.2) is 0 Å². The minimum atomic E-state index is -0.197. The molecular weight excluding hydrogens is 253 g/mol. The molecule has 1 saturated carbocycles. The van der Waals surface area contributed by atoms with Gasteiger partial charge >= 0.3 is 0 Å². The third-order valence-electron chi connectivity index (χ3n) is 4.12. The first-order chi connectivity index (χ1) is 9.58. The minimum Gasteiger partial charge on any atom is -0.369 e. The molecule has 1 aliphatic carbocycles. The van der Waals surface area contributed by atoms with Crippen LogP contribution in [0, 0.1) is 17.7 Å². The average Bonchev–Trinajstić information content (AvgIpc) is 2.38. The highest BCUT2D eigenvalue weighted by Gasteiger charge is 2.27. The highest BCUT2D eigenvalue weighted by molar-refractivity contribution is 5.19. The molecule has 2 nitrogen and oxygen atoms in total. The molecule has 0 aromatic heterocycles. The Balaban J connectivity index is 2.03. The van der Waals surface area contributed by atoms with Crippen LogP contribution in [0.4, 0.5) is 4.39 Å². The van der Waals surface area contributed by atoms with Gasteiger partial charge < -0.3 is 10.1 Å². The Hall–Kier alpha value is -0.930. The van der Waals surface area contributed by atoms with E-state index < -0.39 is 0 Å². The molecule has 0 heterocycles. The molecule has 0 spiro atoms. The van der Waals surface area contributed by atoms with Crippen molar-refractivity contribution in [1.29, 1.82) is 0 Å². The molecule has 0 aliphatic heterocycles. The molecule has 2 rings (SSSR count). The summed E-state index contributed by atoms with van der Waals surface area (Å²) < 4.78 is 19.4. The number of nitrogens with one attached hydrogen (secondary N) is 1. The Morgan fingerprint density at radius 2 is 1.75 bits per heavy atom. The molecule has 3 atom stereocenters. The van der Waals surface area contributed by atoms with Crippen LogP contribution in [-0.2, 0) is 4.74 Å². The maximum Gasteiger partial charge on any atom is 0.123 e. The Labute approximate surface area is 121 Å². The van der Waals surface area contributed by atoms with Crippen LogP contribution >= 0.6 is 0 Å². The van der Waals surface area contributed by atoms with Crippen molar-refractivity contribution in [3.05, 3.63) is 35.6 Å². The van der Waals surface area contributed by atoms with Gasteiger partial charge in [-0.3, -0.25) is 0 Å². The van der Waals surface area contributed by atoms with E-state index in [0.717, 1.165) is 36.8 Å². The van der Waals surface area contributed by atoms with Crippen molar-refractivity contribution in [1.82, 2.24) is 5.32 Å². The third kappa shape index (κ3) is 4.29. The zero-order chi connectivity index (χ0) is 14.5. The van der Waals surface area contributed by atoms with Crippen molar-refractivity contribution in [3.63, 3.8) is 0 Å². The third-order valence-corrected chi connectivity index (χ3v) is 4.12. The molecule has 0 amide bonds. The first-order valence-electron chi connectivity index (χ1n) is 7.64. The number of benzene rings is 1. The predicted molar refractivity (Wildman–Crippen MR) is 80.1 cm³/mol. The Kier molecular flexibility index (Phi) is 5.55. The van der Waals surface area contributed by atoms with Gasteiger partial charge in [0.05, 0.1) is 12.2 Å². The lowest BCUT2D eigenvalue weighted by Crippen LogP contribution is -2.30. The molecular formula is C17H26FNO. The van der Waals surface area contributed by atoms with Gasteiger partial charge in [0.2, 0.25) is 0 Å². The van der Waals surface area contributed by atoms with Crippen molar-refractivity contribution in [2.75, 3.05) is 13.6 Å². The molecule has 0 bridgehead atoms. The van der Waals surface area contributed by atoms with Gasteiger partial charge in [0, 0.05) is 6.54 Å². The molecule has 0 saturated heterocycles. The summed E-state index contributed by atoms with van der Waals surface area (Å²) in [5, 5.41) is 3.17. The van der Waals surface area contributed by atoms with Gasteiger partial charge in [-0.25, -0.2) is 4.39 Å². The van der Waals surface area contributed by atoms with Gasteiger partial charge in [-0.05, 0) is 55.8 Å². The summed E-state index contributed by atoms with van der Waals surface area (Å²) >= 11 is 0. The summed E-state index contributed by atoms with van der Waals surface area (Å²) in [6.45, 7) is 5.36. The van der Waals surface area contributed by atoms with Crippen molar-refractivity contribution >= 4 is 0 Å². The van der Waals surface area contributed by atoms with Gasteiger partial charge in [0.1, 0.15) is 5.82 Å². The first kappa shape index (κ1) is 15.5. The molecule has 1 aromatic carbocycles. The molecule has 112 valence electrons. The van der Waals surface area contributed by atoms with E-state index in [1.54, 1.807) is 0 Å². The van der Waals surface area contributed by atoms with E-state index in [1.165, 1.54) is 18.6 Å².